The lowest BCUT2D eigenvalue weighted by Gasteiger charge is -2.32. The molecule has 0 fully saturated rings. The normalized spacial score (nSPS) is 14.4. The molecule has 13 heteroatoms. The summed E-state index contributed by atoms with van der Waals surface area (Å²) in [4.78, 5) is 63.1. The average molecular weight is 512 g/mol. The maximum atomic E-state index is 13.2. The summed E-state index contributed by atoms with van der Waals surface area (Å²) in [6.07, 6.45) is -3.19. The number of ether oxygens (including phenoxy) is 3. The fourth-order valence-electron chi connectivity index (χ4n) is 2.82. The maximum absolute atomic E-state index is 13.2. The van der Waals surface area contributed by atoms with Crippen molar-refractivity contribution >= 4 is 29.8 Å². The third kappa shape index (κ3) is 8.91. The van der Waals surface area contributed by atoms with E-state index in [-0.39, 0.29) is 11.5 Å². The highest BCUT2D eigenvalue weighted by atomic mass is 16.6. The van der Waals surface area contributed by atoms with Gasteiger partial charge < -0.3 is 35.5 Å². The van der Waals surface area contributed by atoms with E-state index in [1.54, 1.807) is 51.1 Å². The van der Waals surface area contributed by atoms with Crippen molar-refractivity contribution in [2.45, 2.75) is 64.1 Å². The molecule has 36 heavy (non-hydrogen) atoms. The van der Waals surface area contributed by atoms with Gasteiger partial charge in [0.2, 0.25) is 5.91 Å². The lowest BCUT2D eigenvalue weighted by Crippen LogP contribution is -2.62. The minimum absolute atomic E-state index is 0.241. The minimum Gasteiger partial charge on any atom is -0.467 e. The van der Waals surface area contributed by atoms with Crippen molar-refractivity contribution in [3.8, 4) is 0 Å². The molecule has 3 amide bonds. The second kappa shape index (κ2) is 13.5. The molecule has 1 aromatic carbocycles. The van der Waals surface area contributed by atoms with Gasteiger partial charge in [-0.3, -0.25) is 14.5 Å². The van der Waals surface area contributed by atoms with Gasteiger partial charge in [0, 0.05) is 0 Å². The van der Waals surface area contributed by atoms with Crippen molar-refractivity contribution in [3.63, 3.8) is 0 Å². The number of benzene rings is 1. The number of alkyl carbamates (subject to hydrolysis) is 1. The number of carbonyl (C=O) groups excluding carboxylic acids is 5. The average Bonchev–Trinajstić information content (AvgIpc) is 2.82. The van der Waals surface area contributed by atoms with E-state index in [2.05, 4.69) is 10.1 Å². The van der Waals surface area contributed by atoms with E-state index >= 15 is 0 Å². The molecule has 4 atom stereocenters. The van der Waals surface area contributed by atoms with E-state index in [1.165, 1.54) is 6.92 Å². The molecule has 5 N–H and O–H groups in total. The first-order chi connectivity index (χ1) is 16.7. The van der Waals surface area contributed by atoms with E-state index in [0.29, 0.717) is 5.56 Å². The number of carbonyl (C=O) groups is 5. The van der Waals surface area contributed by atoms with E-state index in [0.717, 1.165) is 7.11 Å². The van der Waals surface area contributed by atoms with Gasteiger partial charge in [0.05, 0.1) is 13.7 Å². The molecule has 1 aromatic rings. The number of methoxy groups -OCH3 is 1. The van der Waals surface area contributed by atoms with Crippen molar-refractivity contribution in [1.82, 2.24) is 10.2 Å². The van der Waals surface area contributed by atoms with E-state index in [9.17, 15) is 34.2 Å². The summed E-state index contributed by atoms with van der Waals surface area (Å²) in [6, 6.07) is 3.04. The van der Waals surface area contributed by atoms with Crippen LogP contribution >= 0.6 is 0 Å². The van der Waals surface area contributed by atoms with Gasteiger partial charge in [-0.25, -0.2) is 14.4 Å². The smallest absolute Gasteiger partial charge is 0.408 e. The Morgan fingerprint density at radius 1 is 1.06 bits per heavy atom. The van der Waals surface area contributed by atoms with Crippen molar-refractivity contribution in [2.24, 2.45) is 5.73 Å². The number of esters is 2. The number of nitrogens with two attached hydrogens (primary N) is 1. The van der Waals surface area contributed by atoms with Gasteiger partial charge in [-0.05, 0) is 33.3 Å². The van der Waals surface area contributed by atoms with Crippen molar-refractivity contribution in [3.05, 3.63) is 35.9 Å². The molecule has 0 aliphatic heterocycles. The van der Waals surface area contributed by atoms with Crippen molar-refractivity contribution in [2.75, 3.05) is 13.7 Å². The number of amides is 3. The second-order valence-corrected chi connectivity index (χ2v) is 8.70. The van der Waals surface area contributed by atoms with Crippen LogP contribution in [0.5, 0.6) is 0 Å². The largest absolute Gasteiger partial charge is 0.467 e. The van der Waals surface area contributed by atoms with Crippen molar-refractivity contribution < 1.29 is 48.4 Å². The van der Waals surface area contributed by atoms with Crippen LogP contribution in [0.2, 0.25) is 0 Å². The summed E-state index contributed by atoms with van der Waals surface area (Å²) in [5.41, 5.74) is 5.37. The first-order valence-corrected chi connectivity index (χ1v) is 10.9. The van der Waals surface area contributed by atoms with E-state index in [4.69, 9.17) is 15.2 Å². The number of nitrogens with one attached hydrogen (secondary N) is 1. The summed E-state index contributed by atoms with van der Waals surface area (Å²) in [5, 5.41) is 22.1. The number of hydrogen-bond donors (Lipinski definition) is 4. The summed E-state index contributed by atoms with van der Waals surface area (Å²) in [5.74, 6) is -5.02. The highest BCUT2D eigenvalue weighted by Gasteiger charge is 2.43. The maximum Gasteiger partial charge on any atom is 0.408 e. The summed E-state index contributed by atoms with van der Waals surface area (Å²) >= 11 is 0. The van der Waals surface area contributed by atoms with Crippen LogP contribution in [0.25, 0.3) is 0 Å². The van der Waals surface area contributed by atoms with Crippen LogP contribution in [0.3, 0.4) is 0 Å². The third-order valence-corrected chi connectivity index (χ3v) is 4.63. The Labute approximate surface area is 208 Å². The number of aliphatic hydroxyl groups is 2. The van der Waals surface area contributed by atoms with Gasteiger partial charge in [-0.2, -0.15) is 0 Å². The predicted octanol–water partition coefficient (Wildman–Crippen LogP) is -0.780. The van der Waals surface area contributed by atoms with E-state index in [1.807, 2.05) is 0 Å². The topological polar surface area (TPSA) is 195 Å². The van der Waals surface area contributed by atoms with Crippen LogP contribution in [0.1, 0.15) is 33.3 Å². The molecule has 0 radical (unpaired) electrons. The first-order valence-electron chi connectivity index (χ1n) is 10.9. The molecule has 0 saturated heterocycles. The van der Waals surface area contributed by atoms with Crippen LogP contribution in [-0.2, 0) is 40.0 Å². The van der Waals surface area contributed by atoms with Gasteiger partial charge in [-0.1, -0.05) is 30.3 Å². The molecule has 0 aliphatic carbocycles. The Balaban J connectivity index is 3.23. The molecular formula is C23H33N3O10. The molecule has 0 heterocycles. The fourth-order valence-corrected chi connectivity index (χ4v) is 2.82. The molecule has 13 nitrogen and oxygen atoms in total. The zero-order chi connectivity index (χ0) is 27.6. The molecule has 1 rings (SSSR count). The molecule has 0 spiro atoms. The molecule has 0 aliphatic rings. The third-order valence-electron chi connectivity index (χ3n) is 4.63. The molecule has 0 bridgehead atoms. The van der Waals surface area contributed by atoms with Crippen LogP contribution in [0.15, 0.2) is 30.3 Å². The highest BCUT2D eigenvalue weighted by molar-refractivity contribution is 6.05. The lowest BCUT2D eigenvalue weighted by atomic mass is 10.1. The molecule has 0 aromatic heterocycles. The number of rotatable bonds is 10. The first kappa shape index (κ1) is 30.5. The second-order valence-electron chi connectivity index (χ2n) is 8.70. The zero-order valence-corrected chi connectivity index (χ0v) is 20.8. The highest BCUT2D eigenvalue weighted by Crippen LogP contribution is 2.13. The van der Waals surface area contributed by atoms with Gasteiger partial charge in [-0.15, -0.1) is 0 Å². The molecular weight excluding hydrogens is 478 g/mol. The SMILES string of the molecule is COC(=O)[C@@H](O)[C@H](N)C(=O)N(C(=O)[C@@H](C)NC(=O)OC(C)(C)C)[C@@H](CO)C(=O)OCc1ccccc1. The standard InChI is InChI=1S/C23H33N3O10/c1-13(25-22(33)36-23(2,3)4)18(29)26(19(30)16(24)17(28)21(32)34-5)15(11-27)20(31)35-12-14-9-7-6-8-10-14/h6-10,13,15-17,27-28H,11-12,24H2,1-5H3,(H,25,33)/t13-,15+,16+,17+/m1/s1. The molecule has 0 unspecified atom stereocenters. The zero-order valence-electron chi connectivity index (χ0n) is 20.8. The quantitative estimate of drug-likeness (QED) is 0.227. The Hall–Kier alpha value is -3.55. The molecule has 200 valence electrons. The van der Waals surface area contributed by atoms with Crippen LogP contribution in [0.4, 0.5) is 4.79 Å². The Morgan fingerprint density at radius 2 is 1.64 bits per heavy atom. The van der Waals surface area contributed by atoms with Crippen molar-refractivity contribution in [1.29, 1.82) is 0 Å². The van der Waals surface area contributed by atoms with Crippen LogP contribution in [-0.4, -0.2) is 88.5 Å². The molecule has 0 saturated carbocycles. The number of hydrogen-bond acceptors (Lipinski definition) is 11. The van der Waals surface area contributed by atoms with Gasteiger partial charge in [0.1, 0.15) is 24.3 Å². The number of aliphatic hydroxyl groups excluding tert-OH is 2. The summed E-state index contributed by atoms with van der Waals surface area (Å²) < 4.78 is 14.6. The lowest BCUT2D eigenvalue weighted by molar-refractivity contribution is -0.167. The summed E-state index contributed by atoms with van der Waals surface area (Å²) in [7, 11) is 0.940. The Kier molecular flexibility index (Phi) is 11.4. The van der Waals surface area contributed by atoms with Crippen LogP contribution in [0, 0.1) is 0 Å². The van der Waals surface area contributed by atoms with Gasteiger partial charge in [0.25, 0.3) is 5.91 Å². The fraction of sp³-hybridized carbons (Fsp3) is 0.522. The minimum atomic E-state index is -2.19. The van der Waals surface area contributed by atoms with E-state index < -0.39 is 66.3 Å². The Bertz CT molecular complexity index is 932. The van der Waals surface area contributed by atoms with Gasteiger partial charge >= 0.3 is 18.0 Å². The van der Waals surface area contributed by atoms with Crippen LogP contribution < -0.4 is 11.1 Å². The monoisotopic (exact) mass is 511 g/mol. The van der Waals surface area contributed by atoms with Gasteiger partial charge in [0.15, 0.2) is 12.1 Å². The Morgan fingerprint density at radius 3 is 2.14 bits per heavy atom. The predicted molar refractivity (Wildman–Crippen MR) is 124 cm³/mol. The number of imide groups is 1. The summed E-state index contributed by atoms with van der Waals surface area (Å²) in [6.45, 7) is 4.64. The number of nitrogens with zero attached hydrogens (tertiary/aromatic N) is 1.